The Morgan fingerprint density at radius 2 is 2.15 bits per heavy atom. The van der Waals surface area contributed by atoms with Crippen LogP contribution in [0.5, 0.6) is 5.75 Å². The van der Waals surface area contributed by atoms with E-state index in [9.17, 15) is 14.7 Å². The van der Waals surface area contributed by atoms with Crippen molar-refractivity contribution in [2.24, 2.45) is 5.41 Å². The lowest BCUT2D eigenvalue weighted by molar-refractivity contribution is -0.151. The molecule has 1 N–H and O–H groups in total. The Balaban J connectivity index is 1.67. The number of aliphatic carboxylic acids is 1. The predicted molar refractivity (Wildman–Crippen MR) is 96.9 cm³/mol. The fourth-order valence-electron chi connectivity index (χ4n) is 3.78. The molecule has 0 bridgehead atoms. The highest BCUT2D eigenvalue weighted by molar-refractivity contribution is 7.11. The van der Waals surface area contributed by atoms with Crippen LogP contribution in [0.3, 0.4) is 0 Å². The molecule has 1 aromatic carbocycles. The minimum absolute atomic E-state index is 0.0723. The van der Waals surface area contributed by atoms with Crippen molar-refractivity contribution in [2.75, 3.05) is 19.7 Å². The zero-order chi connectivity index (χ0) is 18.5. The summed E-state index contributed by atoms with van der Waals surface area (Å²) in [5, 5.41) is 12.3. The fourth-order valence-corrected chi connectivity index (χ4v) is 4.72. The van der Waals surface area contributed by atoms with Gasteiger partial charge in [-0.1, -0.05) is 32.0 Å². The van der Waals surface area contributed by atoms with E-state index in [2.05, 4.69) is 4.98 Å². The van der Waals surface area contributed by atoms with Gasteiger partial charge in [-0.05, 0) is 12.0 Å². The molecule has 0 aliphatic carbocycles. The first-order valence-electron chi connectivity index (χ1n) is 8.62. The number of carboxylic acid groups (broad SMARTS) is 1. The number of para-hydroxylation sites is 1. The predicted octanol–water partition coefficient (Wildman–Crippen LogP) is 2.97. The van der Waals surface area contributed by atoms with Crippen LogP contribution >= 0.6 is 11.3 Å². The number of rotatable bonds is 3. The van der Waals surface area contributed by atoms with Gasteiger partial charge in [0.2, 0.25) is 0 Å². The number of nitrogens with zero attached hydrogens (tertiary/aromatic N) is 2. The average molecular weight is 372 g/mol. The van der Waals surface area contributed by atoms with Gasteiger partial charge in [0.1, 0.15) is 17.8 Å². The summed E-state index contributed by atoms with van der Waals surface area (Å²) in [6.07, 6.45) is 0. The van der Waals surface area contributed by atoms with Crippen LogP contribution < -0.4 is 4.74 Å². The van der Waals surface area contributed by atoms with E-state index in [1.807, 2.05) is 43.5 Å². The van der Waals surface area contributed by atoms with Crippen LogP contribution in [-0.4, -0.2) is 46.6 Å². The Morgan fingerprint density at radius 1 is 1.38 bits per heavy atom. The quantitative estimate of drug-likeness (QED) is 0.896. The molecule has 2 aromatic rings. The van der Waals surface area contributed by atoms with Crippen molar-refractivity contribution in [1.29, 1.82) is 0 Å². The molecule has 7 heteroatoms. The molecule has 2 aliphatic heterocycles. The minimum atomic E-state index is -1.11. The zero-order valence-corrected chi connectivity index (χ0v) is 15.5. The Labute approximate surface area is 155 Å². The van der Waals surface area contributed by atoms with E-state index >= 15 is 0 Å². The third kappa shape index (κ3) is 2.49. The molecule has 136 valence electrons. The van der Waals surface area contributed by atoms with E-state index in [-0.39, 0.29) is 30.9 Å². The van der Waals surface area contributed by atoms with Crippen LogP contribution in [0.1, 0.15) is 46.7 Å². The van der Waals surface area contributed by atoms with Crippen molar-refractivity contribution >= 4 is 23.2 Å². The number of hydrogen-bond acceptors (Lipinski definition) is 5. The van der Waals surface area contributed by atoms with Crippen LogP contribution in [-0.2, 0) is 4.79 Å². The lowest BCUT2D eigenvalue weighted by Crippen LogP contribution is -2.46. The number of aromatic nitrogens is 1. The molecule has 0 radical (unpaired) electrons. The Bertz CT molecular complexity index is 878. The minimum Gasteiger partial charge on any atom is -0.492 e. The largest absolute Gasteiger partial charge is 0.492 e. The highest BCUT2D eigenvalue weighted by atomic mass is 32.1. The summed E-state index contributed by atoms with van der Waals surface area (Å²) >= 11 is 1.32. The molecular weight excluding hydrogens is 352 g/mol. The number of benzene rings is 1. The Kier molecular flexibility index (Phi) is 3.99. The summed E-state index contributed by atoms with van der Waals surface area (Å²) in [6, 6.07) is 7.49. The molecule has 3 heterocycles. The highest BCUT2D eigenvalue weighted by Crippen LogP contribution is 2.50. The summed E-state index contributed by atoms with van der Waals surface area (Å²) in [4.78, 5) is 31.1. The number of hydrogen-bond donors (Lipinski definition) is 1. The van der Waals surface area contributed by atoms with Crippen LogP contribution in [0.15, 0.2) is 29.6 Å². The first-order chi connectivity index (χ1) is 12.4. The van der Waals surface area contributed by atoms with Crippen molar-refractivity contribution in [3.8, 4) is 5.75 Å². The van der Waals surface area contributed by atoms with E-state index in [1.54, 1.807) is 4.90 Å². The molecule has 4 rings (SSSR count). The van der Waals surface area contributed by atoms with Crippen molar-refractivity contribution in [2.45, 2.75) is 25.7 Å². The summed E-state index contributed by atoms with van der Waals surface area (Å²) in [7, 11) is 0. The smallest absolute Gasteiger partial charge is 0.315 e. The maximum absolute atomic E-state index is 12.9. The SMILES string of the molecule is CC(C)c1csc(C(=O)N2C[C@@H]3c4ccccc4OC[C@]3(C(=O)O)C2)n1. The zero-order valence-electron chi connectivity index (χ0n) is 14.6. The van der Waals surface area contributed by atoms with E-state index in [0.717, 1.165) is 11.3 Å². The summed E-state index contributed by atoms with van der Waals surface area (Å²) in [5.41, 5.74) is 0.636. The molecule has 2 atom stereocenters. The second-order valence-electron chi connectivity index (χ2n) is 7.26. The van der Waals surface area contributed by atoms with Crippen LogP contribution in [0.4, 0.5) is 0 Å². The van der Waals surface area contributed by atoms with Gasteiger partial charge in [-0.2, -0.15) is 0 Å². The van der Waals surface area contributed by atoms with Gasteiger partial charge < -0.3 is 14.7 Å². The van der Waals surface area contributed by atoms with Crippen molar-refractivity contribution < 1.29 is 19.4 Å². The van der Waals surface area contributed by atoms with Crippen molar-refractivity contribution in [3.05, 3.63) is 45.9 Å². The Morgan fingerprint density at radius 3 is 2.85 bits per heavy atom. The molecular formula is C19H20N2O4S. The van der Waals surface area contributed by atoms with E-state index in [4.69, 9.17) is 4.74 Å². The number of carbonyl (C=O) groups is 2. The third-order valence-corrected chi connectivity index (χ3v) is 6.18. The number of amides is 1. The topological polar surface area (TPSA) is 79.7 Å². The molecule has 26 heavy (non-hydrogen) atoms. The lowest BCUT2D eigenvalue weighted by Gasteiger charge is -2.35. The number of thiazole rings is 1. The molecule has 1 amide bonds. The first-order valence-corrected chi connectivity index (χ1v) is 9.50. The number of fused-ring (bicyclic) bond motifs is 3. The molecule has 6 nitrogen and oxygen atoms in total. The van der Waals surface area contributed by atoms with E-state index in [0.29, 0.717) is 17.3 Å². The van der Waals surface area contributed by atoms with Crippen molar-refractivity contribution in [3.63, 3.8) is 0 Å². The van der Waals surface area contributed by atoms with Gasteiger partial charge in [0, 0.05) is 30.0 Å². The molecule has 0 saturated carbocycles. The van der Waals surface area contributed by atoms with Gasteiger partial charge in [-0.3, -0.25) is 9.59 Å². The second kappa shape index (κ2) is 6.09. The van der Waals surface area contributed by atoms with Gasteiger partial charge in [-0.25, -0.2) is 4.98 Å². The normalized spacial score (nSPS) is 24.1. The van der Waals surface area contributed by atoms with Crippen LogP contribution in [0.25, 0.3) is 0 Å². The van der Waals surface area contributed by atoms with E-state index < -0.39 is 11.4 Å². The number of carbonyl (C=O) groups excluding carboxylic acids is 1. The van der Waals surface area contributed by atoms with Gasteiger partial charge in [0.25, 0.3) is 5.91 Å². The molecule has 1 fully saturated rings. The molecule has 2 aliphatic rings. The number of likely N-dealkylation sites (tertiary alicyclic amines) is 1. The van der Waals surface area contributed by atoms with Crippen LogP contribution in [0, 0.1) is 5.41 Å². The van der Waals surface area contributed by atoms with Gasteiger partial charge in [-0.15, -0.1) is 11.3 Å². The third-order valence-electron chi connectivity index (χ3n) is 5.33. The molecule has 0 unspecified atom stereocenters. The van der Waals surface area contributed by atoms with Gasteiger partial charge in [0.05, 0.1) is 5.69 Å². The van der Waals surface area contributed by atoms with Crippen molar-refractivity contribution in [1.82, 2.24) is 9.88 Å². The summed E-state index contributed by atoms with van der Waals surface area (Å²) in [5.74, 6) is -0.443. The maximum Gasteiger partial charge on any atom is 0.315 e. The monoisotopic (exact) mass is 372 g/mol. The van der Waals surface area contributed by atoms with Gasteiger partial charge >= 0.3 is 5.97 Å². The van der Waals surface area contributed by atoms with Crippen LogP contribution in [0.2, 0.25) is 0 Å². The summed E-state index contributed by atoms with van der Waals surface area (Å²) < 4.78 is 5.74. The maximum atomic E-state index is 12.9. The molecule has 1 aromatic heterocycles. The summed E-state index contributed by atoms with van der Waals surface area (Å²) in [6.45, 7) is 4.63. The van der Waals surface area contributed by atoms with E-state index in [1.165, 1.54) is 11.3 Å². The average Bonchev–Trinajstić information content (AvgIpc) is 3.27. The lowest BCUT2D eigenvalue weighted by atomic mass is 9.73. The first kappa shape index (κ1) is 17.0. The number of ether oxygens (including phenoxy) is 1. The molecule has 0 spiro atoms. The standard InChI is InChI=1S/C19H20N2O4S/c1-11(2)14-8-26-16(20-14)17(22)21-7-13-12-5-3-4-6-15(12)25-10-19(13,9-21)18(23)24/h3-6,8,11,13H,7,9-10H2,1-2H3,(H,23,24)/t13-,19-/m1/s1. The molecule has 1 saturated heterocycles. The Hall–Kier alpha value is -2.41. The highest BCUT2D eigenvalue weighted by Gasteiger charge is 2.57. The number of carboxylic acids is 1. The second-order valence-corrected chi connectivity index (χ2v) is 8.12. The van der Waals surface area contributed by atoms with Gasteiger partial charge in [0.15, 0.2) is 5.01 Å². The fraction of sp³-hybridized carbons (Fsp3) is 0.421.